The number of fused-ring (bicyclic) bond motifs is 2. The first kappa shape index (κ1) is 16.1. The van der Waals surface area contributed by atoms with Crippen molar-refractivity contribution in [3.63, 3.8) is 0 Å². The molecule has 0 bridgehead atoms. The molecule has 4 rings (SSSR count). The van der Waals surface area contributed by atoms with Gasteiger partial charge in [-0.1, -0.05) is 18.2 Å². The molecule has 130 valence electrons. The van der Waals surface area contributed by atoms with E-state index in [1.165, 1.54) is 11.8 Å². The van der Waals surface area contributed by atoms with E-state index >= 15 is 0 Å². The van der Waals surface area contributed by atoms with E-state index in [9.17, 15) is 8.42 Å². The van der Waals surface area contributed by atoms with E-state index in [1.807, 2.05) is 18.2 Å². The van der Waals surface area contributed by atoms with Crippen LogP contribution in [0.1, 0.15) is 5.69 Å². The van der Waals surface area contributed by atoms with Crippen LogP contribution in [0.5, 0.6) is 0 Å². The summed E-state index contributed by atoms with van der Waals surface area (Å²) in [4.78, 5) is 9.94. The van der Waals surface area contributed by atoms with Crippen LogP contribution in [0.3, 0.4) is 0 Å². The normalized spacial score (nSPS) is 22.9. The molecule has 0 saturated heterocycles. The lowest BCUT2D eigenvalue weighted by molar-refractivity contribution is 0.380. The van der Waals surface area contributed by atoms with Crippen molar-refractivity contribution in [2.45, 2.75) is 6.04 Å². The molecule has 25 heavy (non-hydrogen) atoms. The zero-order valence-corrected chi connectivity index (χ0v) is 14.9. The first-order valence-electron chi connectivity index (χ1n) is 8.12. The lowest BCUT2D eigenvalue weighted by Crippen LogP contribution is -2.30. The molecule has 7 heteroatoms. The Morgan fingerprint density at radius 3 is 3.00 bits per heavy atom. The van der Waals surface area contributed by atoms with E-state index in [4.69, 9.17) is 0 Å². The Labute approximate surface area is 147 Å². The van der Waals surface area contributed by atoms with Crippen LogP contribution in [0.2, 0.25) is 0 Å². The average molecular weight is 356 g/mol. The van der Waals surface area contributed by atoms with Crippen molar-refractivity contribution < 1.29 is 8.42 Å². The van der Waals surface area contributed by atoms with Crippen LogP contribution in [0.15, 0.2) is 54.4 Å². The molecule has 0 amide bonds. The van der Waals surface area contributed by atoms with Gasteiger partial charge in [-0.05, 0) is 23.8 Å². The predicted octanol–water partition coefficient (Wildman–Crippen LogP) is 1.88. The highest BCUT2D eigenvalue weighted by atomic mass is 32.2. The Morgan fingerprint density at radius 1 is 1.40 bits per heavy atom. The summed E-state index contributed by atoms with van der Waals surface area (Å²) in [6.07, 6.45) is 11.4. The third-order valence-corrected chi connectivity index (χ3v) is 5.35. The lowest BCUT2D eigenvalue weighted by atomic mass is 9.87. The smallest absolute Gasteiger partial charge is 0.209 e. The first-order chi connectivity index (χ1) is 11.9. The van der Waals surface area contributed by atoms with Gasteiger partial charge in [0.15, 0.2) is 0 Å². The molecule has 0 spiro atoms. The van der Waals surface area contributed by atoms with Gasteiger partial charge in [-0.15, -0.1) is 0 Å². The van der Waals surface area contributed by atoms with E-state index in [0.29, 0.717) is 6.54 Å². The van der Waals surface area contributed by atoms with Gasteiger partial charge >= 0.3 is 0 Å². The van der Waals surface area contributed by atoms with Crippen molar-refractivity contribution in [1.82, 2.24) is 19.6 Å². The summed E-state index contributed by atoms with van der Waals surface area (Å²) >= 11 is 0. The van der Waals surface area contributed by atoms with Gasteiger partial charge in [0, 0.05) is 48.6 Å². The van der Waals surface area contributed by atoms with E-state index in [0.717, 1.165) is 22.3 Å². The summed E-state index contributed by atoms with van der Waals surface area (Å²) in [5, 5.41) is 1.08. The van der Waals surface area contributed by atoms with Gasteiger partial charge in [-0.2, -0.15) is 0 Å². The maximum atomic E-state index is 11.3. The van der Waals surface area contributed by atoms with Crippen LogP contribution < -0.4 is 4.72 Å². The molecule has 2 atom stereocenters. The molecule has 0 aromatic carbocycles. The Balaban J connectivity index is 1.65. The van der Waals surface area contributed by atoms with Crippen LogP contribution in [0.4, 0.5) is 0 Å². The first-order valence-corrected chi connectivity index (χ1v) is 10.0. The molecular weight excluding hydrogens is 336 g/mol. The average Bonchev–Trinajstić information content (AvgIpc) is 3.13. The fourth-order valence-corrected chi connectivity index (χ4v) is 3.90. The molecule has 3 heterocycles. The van der Waals surface area contributed by atoms with Gasteiger partial charge in [0.25, 0.3) is 0 Å². The van der Waals surface area contributed by atoms with Crippen molar-refractivity contribution in [2.24, 2.45) is 5.92 Å². The second-order valence-corrected chi connectivity index (χ2v) is 8.42. The summed E-state index contributed by atoms with van der Waals surface area (Å²) in [6, 6.07) is 6.33. The highest BCUT2D eigenvalue weighted by Gasteiger charge is 2.33. The molecule has 2 aromatic heterocycles. The number of nitrogens with zero attached hydrogens (tertiary/aromatic N) is 2. The maximum absolute atomic E-state index is 11.3. The largest absolute Gasteiger partial charge is 0.373 e. The number of hydrogen-bond acceptors (Lipinski definition) is 4. The van der Waals surface area contributed by atoms with E-state index in [2.05, 4.69) is 51.1 Å². The van der Waals surface area contributed by atoms with Crippen LogP contribution in [-0.2, 0) is 10.0 Å². The Hall–Kier alpha value is -2.38. The molecule has 2 aromatic rings. The van der Waals surface area contributed by atoms with Gasteiger partial charge in [0.2, 0.25) is 10.0 Å². The number of likely N-dealkylation sites (N-methyl/N-ethyl adjacent to an activating group) is 1. The van der Waals surface area contributed by atoms with Crippen LogP contribution >= 0.6 is 0 Å². The van der Waals surface area contributed by atoms with Gasteiger partial charge in [-0.25, -0.2) is 18.1 Å². The lowest BCUT2D eigenvalue weighted by Gasteiger charge is -2.26. The molecule has 2 N–H and O–H groups in total. The second-order valence-electron chi connectivity index (χ2n) is 6.58. The maximum Gasteiger partial charge on any atom is 0.209 e. The van der Waals surface area contributed by atoms with Gasteiger partial charge in [-0.3, -0.25) is 0 Å². The number of H-pyrrole nitrogens is 1. The molecule has 1 aliphatic carbocycles. The third-order valence-electron chi connectivity index (χ3n) is 4.68. The molecule has 0 fully saturated rings. The number of pyridine rings is 1. The van der Waals surface area contributed by atoms with Gasteiger partial charge in [0.05, 0.1) is 12.3 Å². The molecule has 1 aliphatic heterocycles. The van der Waals surface area contributed by atoms with E-state index in [-0.39, 0.29) is 12.0 Å². The Morgan fingerprint density at radius 2 is 2.24 bits per heavy atom. The monoisotopic (exact) mass is 356 g/mol. The summed E-state index contributed by atoms with van der Waals surface area (Å²) in [5.74, 6) is 0.180. The van der Waals surface area contributed by atoms with Crippen molar-refractivity contribution in [3.8, 4) is 0 Å². The minimum absolute atomic E-state index is 0.180. The van der Waals surface area contributed by atoms with Crippen molar-refractivity contribution >= 4 is 26.6 Å². The quantitative estimate of drug-likeness (QED) is 0.877. The fraction of sp³-hybridized carbons (Fsp3) is 0.278. The summed E-state index contributed by atoms with van der Waals surface area (Å²) in [7, 11) is -1.14. The highest BCUT2D eigenvalue weighted by molar-refractivity contribution is 7.88. The van der Waals surface area contributed by atoms with Gasteiger partial charge in [0.1, 0.15) is 5.65 Å². The molecule has 6 nitrogen and oxygen atoms in total. The summed E-state index contributed by atoms with van der Waals surface area (Å²) in [6.45, 7) is 0.309. The number of hydrogen-bond donors (Lipinski definition) is 2. The third kappa shape index (κ3) is 3.12. The summed E-state index contributed by atoms with van der Waals surface area (Å²) < 4.78 is 25.3. The second kappa shape index (κ2) is 5.86. The highest BCUT2D eigenvalue weighted by Crippen LogP contribution is 2.39. The minimum Gasteiger partial charge on any atom is -0.373 e. The topological polar surface area (TPSA) is 78.1 Å². The number of aromatic amines is 1. The fourth-order valence-electron chi connectivity index (χ4n) is 3.48. The Kier molecular flexibility index (Phi) is 3.77. The van der Waals surface area contributed by atoms with E-state index < -0.39 is 10.0 Å². The van der Waals surface area contributed by atoms with Crippen LogP contribution in [0.25, 0.3) is 16.6 Å². The SMILES string of the molecule is CN1C=C(c2cc3cccnc3[nH]2)C2C=C(CNS(C)(=O)=O)C=CC21. The number of sulfonamides is 1. The van der Waals surface area contributed by atoms with Crippen LogP contribution in [0, 0.1) is 5.92 Å². The van der Waals surface area contributed by atoms with Gasteiger partial charge < -0.3 is 9.88 Å². The molecule has 2 aliphatic rings. The molecular formula is C18H20N4O2S. The summed E-state index contributed by atoms with van der Waals surface area (Å²) in [5.41, 5.74) is 4.09. The molecule has 0 saturated carbocycles. The number of rotatable bonds is 4. The number of nitrogens with one attached hydrogen (secondary N) is 2. The minimum atomic E-state index is -3.20. The standard InChI is InChI=1S/C18H20N4O2S/c1-22-11-15(16-9-13-4-3-7-19-18(13)21-16)14-8-12(5-6-17(14)22)10-20-25(2,23)24/h3-9,11,14,17,20H,10H2,1-2H3,(H,19,21). The zero-order valence-electron chi connectivity index (χ0n) is 14.1. The molecule has 2 unspecified atom stereocenters. The zero-order chi connectivity index (χ0) is 17.6. The van der Waals surface area contributed by atoms with E-state index in [1.54, 1.807) is 6.20 Å². The molecule has 0 radical (unpaired) electrons. The van der Waals surface area contributed by atoms with Crippen molar-refractivity contribution in [2.75, 3.05) is 19.8 Å². The number of aromatic nitrogens is 2. The van der Waals surface area contributed by atoms with Crippen molar-refractivity contribution in [1.29, 1.82) is 0 Å². The van der Waals surface area contributed by atoms with Crippen LogP contribution in [-0.4, -0.2) is 49.2 Å². The van der Waals surface area contributed by atoms with Crippen molar-refractivity contribution in [3.05, 3.63) is 60.1 Å². The Bertz CT molecular complexity index is 984. The predicted molar refractivity (Wildman–Crippen MR) is 99.2 cm³/mol.